The van der Waals surface area contributed by atoms with Gasteiger partial charge in [-0.2, -0.15) is 0 Å². The number of hydrogen-bond donors (Lipinski definition) is 0. The van der Waals surface area contributed by atoms with Crippen molar-refractivity contribution in [1.82, 2.24) is 0 Å². The quantitative estimate of drug-likeness (QED) is 0.245. The van der Waals surface area contributed by atoms with E-state index in [0.717, 1.165) is 5.02 Å². The summed E-state index contributed by atoms with van der Waals surface area (Å²) in [5.41, 5.74) is 2.55. The van der Waals surface area contributed by atoms with E-state index in [2.05, 4.69) is 84.9 Å². The van der Waals surface area contributed by atoms with Crippen molar-refractivity contribution in [1.29, 1.82) is 0 Å². The second-order valence-corrected chi connectivity index (χ2v) is 8.63. The first-order chi connectivity index (χ1) is 13.8. The molecule has 0 saturated carbocycles. The highest BCUT2D eigenvalue weighted by Crippen LogP contribution is 2.43. The monoisotopic (exact) mass is 394 g/mol. The third kappa shape index (κ3) is 2.30. The van der Waals surface area contributed by atoms with Crippen molar-refractivity contribution in [3.05, 3.63) is 96.0 Å². The highest BCUT2D eigenvalue weighted by molar-refractivity contribution is 7.26. The number of fused-ring (bicyclic) bond motifs is 6. The summed E-state index contributed by atoms with van der Waals surface area (Å²) in [6, 6.07) is 32.5. The Morgan fingerprint density at radius 3 is 2.21 bits per heavy atom. The Bertz CT molecular complexity index is 1520. The summed E-state index contributed by atoms with van der Waals surface area (Å²) in [5.74, 6) is 0. The molecule has 0 fully saturated rings. The zero-order chi connectivity index (χ0) is 18.7. The minimum Gasteiger partial charge on any atom is -0.135 e. The van der Waals surface area contributed by atoms with E-state index in [4.69, 9.17) is 11.6 Å². The van der Waals surface area contributed by atoms with Gasteiger partial charge >= 0.3 is 0 Å². The summed E-state index contributed by atoms with van der Waals surface area (Å²) < 4.78 is 2.57. The lowest BCUT2D eigenvalue weighted by molar-refractivity contribution is 1.72. The van der Waals surface area contributed by atoms with E-state index in [1.165, 1.54) is 52.8 Å². The Kier molecular flexibility index (Phi) is 3.49. The van der Waals surface area contributed by atoms with Crippen LogP contribution >= 0.6 is 22.9 Å². The fourth-order valence-corrected chi connectivity index (χ4v) is 5.59. The van der Waals surface area contributed by atoms with Crippen LogP contribution in [0.2, 0.25) is 5.02 Å². The number of thiophene rings is 1. The van der Waals surface area contributed by atoms with Crippen LogP contribution in [-0.2, 0) is 0 Å². The second-order valence-electron chi connectivity index (χ2n) is 7.11. The van der Waals surface area contributed by atoms with Gasteiger partial charge < -0.3 is 0 Å². The fraction of sp³-hybridized carbons (Fsp3) is 0. The zero-order valence-electron chi connectivity index (χ0n) is 14.9. The molecule has 6 aromatic rings. The van der Waals surface area contributed by atoms with E-state index in [-0.39, 0.29) is 0 Å². The third-order valence-corrected chi connectivity index (χ3v) is 6.89. The van der Waals surface area contributed by atoms with Gasteiger partial charge in [0.1, 0.15) is 0 Å². The molecule has 0 unspecified atom stereocenters. The highest BCUT2D eigenvalue weighted by Gasteiger charge is 2.14. The molecule has 0 aliphatic heterocycles. The van der Waals surface area contributed by atoms with Gasteiger partial charge in [0.05, 0.1) is 0 Å². The lowest BCUT2D eigenvalue weighted by atomic mass is 9.92. The van der Waals surface area contributed by atoms with E-state index < -0.39 is 0 Å². The van der Waals surface area contributed by atoms with Gasteiger partial charge in [-0.3, -0.25) is 0 Å². The molecule has 0 nitrogen and oxygen atoms in total. The fourth-order valence-electron chi connectivity index (χ4n) is 4.31. The Morgan fingerprint density at radius 1 is 0.536 bits per heavy atom. The molecule has 0 aliphatic carbocycles. The topological polar surface area (TPSA) is 0 Å². The van der Waals surface area contributed by atoms with Gasteiger partial charge in [-0.05, 0) is 56.9 Å². The Morgan fingerprint density at radius 2 is 1.29 bits per heavy atom. The van der Waals surface area contributed by atoms with E-state index in [9.17, 15) is 0 Å². The summed E-state index contributed by atoms with van der Waals surface area (Å²) in [5, 5.41) is 8.47. The third-order valence-electron chi connectivity index (χ3n) is 5.52. The maximum atomic E-state index is 6.35. The van der Waals surface area contributed by atoms with Crippen LogP contribution in [0.3, 0.4) is 0 Å². The van der Waals surface area contributed by atoms with Crippen LogP contribution in [0.5, 0.6) is 0 Å². The zero-order valence-corrected chi connectivity index (χ0v) is 16.5. The Labute approximate surface area is 171 Å². The number of rotatable bonds is 1. The van der Waals surface area contributed by atoms with Crippen molar-refractivity contribution in [3.8, 4) is 11.1 Å². The minimum atomic E-state index is 0.783. The van der Waals surface area contributed by atoms with E-state index >= 15 is 0 Å². The SMILES string of the molecule is Clc1ccc2sc3cccc(-c4cccc5ccc6ccccc6c45)c3c2c1. The molecule has 1 heterocycles. The van der Waals surface area contributed by atoms with Gasteiger partial charge in [0.15, 0.2) is 0 Å². The maximum Gasteiger partial charge on any atom is 0.0413 e. The Balaban J connectivity index is 1.82. The molecule has 0 N–H and O–H groups in total. The van der Waals surface area contributed by atoms with Crippen LogP contribution in [-0.4, -0.2) is 0 Å². The molecule has 6 rings (SSSR count). The van der Waals surface area contributed by atoms with Crippen LogP contribution in [0, 0.1) is 0 Å². The molecule has 0 atom stereocenters. The van der Waals surface area contributed by atoms with Crippen molar-refractivity contribution in [2.75, 3.05) is 0 Å². The molecule has 0 amide bonds. The normalized spacial score (nSPS) is 11.8. The predicted octanol–water partition coefficient (Wildman–Crippen LogP) is 8.68. The van der Waals surface area contributed by atoms with E-state index in [0.29, 0.717) is 0 Å². The first kappa shape index (κ1) is 16.1. The lowest BCUT2D eigenvalue weighted by Crippen LogP contribution is -1.85. The smallest absolute Gasteiger partial charge is 0.0413 e. The van der Waals surface area contributed by atoms with E-state index in [1.54, 1.807) is 0 Å². The van der Waals surface area contributed by atoms with Crippen LogP contribution in [0.15, 0.2) is 91.0 Å². The highest BCUT2D eigenvalue weighted by atomic mass is 35.5. The van der Waals surface area contributed by atoms with Gasteiger partial charge in [-0.15, -0.1) is 11.3 Å². The molecule has 1 aromatic heterocycles. The average molecular weight is 395 g/mol. The molecular formula is C26H15ClS. The summed E-state index contributed by atoms with van der Waals surface area (Å²) >= 11 is 8.18. The van der Waals surface area contributed by atoms with Crippen molar-refractivity contribution >= 4 is 64.7 Å². The summed E-state index contributed by atoms with van der Waals surface area (Å²) in [4.78, 5) is 0. The van der Waals surface area contributed by atoms with Gasteiger partial charge in [0.25, 0.3) is 0 Å². The molecule has 0 radical (unpaired) electrons. The standard InChI is InChI=1S/C26H15ClS/c27-18-13-14-23-22(15-18)26-21(9-4-10-24(26)28-23)20-8-3-6-17-12-11-16-5-1-2-7-19(16)25(17)20/h1-15H. The molecule has 28 heavy (non-hydrogen) atoms. The Hall–Kier alpha value is -2.87. The second kappa shape index (κ2) is 6.07. The van der Waals surface area contributed by atoms with Crippen LogP contribution < -0.4 is 0 Å². The van der Waals surface area contributed by atoms with Crippen molar-refractivity contribution < 1.29 is 0 Å². The van der Waals surface area contributed by atoms with Crippen molar-refractivity contribution in [3.63, 3.8) is 0 Å². The van der Waals surface area contributed by atoms with Gasteiger partial charge in [0.2, 0.25) is 0 Å². The molecule has 0 aliphatic rings. The molecule has 0 bridgehead atoms. The van der Waals surface area contributed by atoms with Crippen LogP contribution in [0.1, 0.15) is 0 Å². The summed E-state index contributed by atoms with van der Waals surface area (Å²) in [7, 11) is 0. The largest absolute Gasteiger partial charge is 0.135 e. The summed E-state index contributed by atoms with van der Waals surface area (Å²) in [6.07, 6.45) is 0. The van der Waals surface area contributed by atoms with Gasteiger partial charge in [-0.1, -0.05) is 78.3 Å². The van der Waals surface area contributed by atoms with Crippen molar-refractivity contribution in [2.45, 2.75) is 0 Å². The summed E-state index contributed by atoms with van der Waals surface area (Å²) in [6.45, 7) is 0. The maximum absolute atomic E-state index is 6.35. The molecule has 0 saturated heterocycles. The molecule has 132 valence electrons. The first-order valence-corrected chi connectivity index (χ1v) is 10.5. The van der Waals surface area contributed by atoms with Gasteiger partial charge in [-0.25, -0.2) is 0 Å². The molecule has 0 spiro atoms. The van der Waals surface area contributed by atoms with Crippen LogP contribution in [0.25, 0.3) is 52.8 Å². The van der Waals surface area contributed by atoms with Crippen LogP contribution in [0.4, 0.5) is 0 Å². The number of halogens is 1. The first-order valence-electron chi connectivity index (χ1n) is 9.31. The number of hydrogen-bond acceptors (Lipinski definition) is 1. The van der Waals surface area contributed by atoms with E-state index in [1.807, 2.05) is 17.4 Å². The van der Waals surface area contributed by atoms with Gasteiger partial charge in [0, 0.05) is 25.2 Å². The number of benzene rings is 5. The molecule has 2 heteroatoms. The average Bonchev–Trinajstić information content (AvgIpc) is 3.11. The lowest BCUT2D eigenvalue weighted by Gasteiger charge is -2.12. The predicted molar refractivity (Wildman–Crippen MR) is 125 cm³/mol. The van der Waals surface area contributed by atoms with Crippen molar-refractivity contribution in [2.24, 2.45) is 0 Å². The molecular weight excluding hydrogens is 380 g/mol. The molecule has 5 aromatic carbocycles. The minimum absolute atomic E-state index is 0.783.